The molecule has 0 aromatic heterocycles. The van der Waals surface area contributed by atoms with E-state index in [9.17, 15) is 13.2 Å². The third-order valence-electron chi connectivity index (χ3n) is 2.31. The summed E-state index contributed by atoms with van der Waals surface area (Å²) >= 11 is 1.86. The predicted molar refractivity (Wildman–Crippen MR) is 57.3 cm³/mol. The average molecular weight is 242 g/mol. The highest BCUT2D eigenvalue weighted by atomic mass is 32.2. The largest absolute Gasteiger partial charge is 0.401 e. The lowest BCUT2D eigenvalue weighted by Gasteiger charge is -2.26. The standard InChI is InChI=1S/C9H17F3N2S/c1-14(7-9(10,11)12)4-2-8-6-15-5-3-13-8/h8,13H,2-7H2,1H3. The second-order valence-corrected chi connectivity index (χ2v) is 5.02. The van der Waals surface area contributed by atoms with Crippen LogP contribution in [0, 0.1) is 0 Å². The summed E-state index contributed by atoms with van der Waals surface area (Å²) in [5.41, 5.74) is 0. The summed E-state index contributed by atoms with van der Waals surface area (Å²) in [5.74, 6) is 2.12. The third-order valence-corrected chi connectivity index (χ3v) is 3.44. The van der Waals surface area contributed by atoms with Crippen molar-refractivity contribution in [1.82, 2.24) is 10.2 Å². The molecule has 0 saturated carbocycles. The number of rotatable bonds is 4. The molecule has 0 amide bonds. The molecule has 1 saturated heterocycles. The second-order valence-electron chi connectivity index (χ2n) is 3.87. The molecule has 0 spiro atoms. The van der Waals surface area contributed by atoms with E-state index in [4.69, 9.17) is 0 Å². The molecule has 0 aromatic carbocycles. The fourth-order valence-electron chi connectivity index (χ4n) is 1.57. The van der Waals surface area contributed by atoms with Gasteiger partial charge in [0.05, 0.1) is 6.54 Å². The van der Waals surface area contributed by atoms with Crippen LogP contribution in [0.4, 0.5) is 13.2 Å². The zero-order chi connectivity index (χ0) is 11.3. The van der Waals surface area contributed by atoms with Crippen LogP contribution in [0.5, 0.6) is 0 Å². The number of nitrogens with zero attached hydrogens (tertiary/aromatic N) is 1. The Morgan fingerprint density at radius 3 is 2.73 bits per heavy atom. The molecular weight excluding hydrogens is 225 g/mol. The first-order chi connectivity index (χ1) is 6.97. The van der Waals surface area contributed by atoms with Crippen molar-refractivity contribution in [2.45, 2.75) is 18.6 Å². The summed E-state index contributed by atoms with van der Waals surface area (Å²) in [4.78, 5) is 1.33. The lowest BCUT2D eigenvalue weighted by Crippen LogP contribution is -2.41. The van der Waals surface area contributed by atoms with E-state index in [1.807, 2.05) is 11.8 Å². The maximum Gasteiger partial charge on any atom is 0.401 e. The molecule has 6 heteroatoms. The van der Waals surface area contributed by atoms with E-state index >= 15 is 0 Å². The Bertz CT molecular complexity index is 181. The molecule has 15 heavy (non-hydrogen) atoms. The van der Waals surface area contributed by atoms with Crippen LogP contribution in [-0.4, -0.2) is 55.3 Å². The predicted octanol–water partition coefficient (Wildman–Crippen LogP) is 1.58. The quantitative estimate of drug-likeness (QED) is 0.805. The summed E-state index contributed by atoms with van der Waals surface area (Å²) in [7, 11) is 1.52. The van der Waals surface area contributed by atoms with Crippen molar-refractivity contribution in [3.8, 4) is 0 Å². The van der Waals surface area contributed by atoms with Crippen molar-refractivity contribution in [2.24, 2.45) is 0 Å². The first-order valence-electron chi connectivity index (χ1n) is 5.04. The molecular formula is C9H17F3N2S. The van der Waals surface area contributed by atoms with Crippen molar-refractivity contribution < 1.29 is 13.2 Å². The van der Waals surface area contributed by atoms with Crippen LogP contribution in [0.2, 0.25) is 0 Å². The summed E-state index contributed by atoms with van der Waals surface area (Å²) in [6.45, 7) is 0.656. The molecule has 1 aliphatic heterocycles. The maximum atomic E-state index is 12.0. The molecule has 1 aliphatic rings. The summed E-state index contributed by atoms with van der Waals surface area (Å²) in [6.07, 6.45) is -3.29. The van der Waals surface area contributed by atoms with Gasteiger partial charge in [0, 0.05) is 24.1 Å². The Morgan fingerprint density at radius 1 is 1.47 bits per heavy atom. The van der Waals surface area contributed by atoms with Gasteiger partial charge in [-0.3, -0.25) is 4.90 Å². The van der Waals surface area contributed by atoms with Gasteiger partial charge in [0.1, 0.15) is 0 Å². The monoisotopic (exact) mass is 242 g/mol. The first-order valence-corrected chi connectivity index (χ1v) is 6.19. The van der Waals surface area contributed by atoms with Gasteiger partial charge in [0.15, 0.2) is 0 Å². The molecule has 1 heterocycles. The number of hydrogen-bond acceptors (Lipinski definition) is 3. The number of thioether (sulfide) groups is 1. The van der Waals surface area contributed by atoms with Crippen LogP contribution < -0.4 is 5.32 Å². The van der Waals surface area contributed by atoms with E-state index in [2.05, 4.69) is 5.32 Å². The highest BCUT2D eigenvalue weighted by Gasteiger charge is 2.29. The van der Waals surface area contributed by atoms with Gasteiger partial charge in [-0.05, 0) is 20.0 Å². The SMILES string of the molecule is CN(CCC1CSCCN1)CC(F)(F)F. The van der Waals surface area contributed by atoms with E-state index in [0.717, 1.165) is 24.5 Å². The Balaban J connectivity index is 2.12. The number of hydrogen-bond donors (Lipinski definition) is 1. The van der Waals surface area contributed by atoms with Crippen molar-refractivity contribution >= 4 is 11.8 Å². The van der Waals surface area contributed by atoms with Crippen LogP contribution in [0.25, 0.3) is 0 Å². The first kappa shape index (κ1) is 13.1. The van der Waals surface area contributed by atoms with E-state index < -0.39 is 12.7 Å². The summed E-state index contributed by atoms with van der Waals surface area (Å²) in [6, 6.07) is 0.374. The van der Waals surface area contributed by atoms with Crippen LogP contribution in [0.3, 0.4) is 0 Å². The van der Waals surface area contributed by atoms with Gasteiger partial charge in [-0.15, -0.1) is 0 Å². The minimum Gasteiger partial charge on any atom is -0.312 e. The van der Waals surface area contributed by atoms with E-state index in [1.165, 1.54) is 11.9 Å². The number of nitrogens with one attached hydrogen (secondary N) is 1. The lowest BCUT2D eigenvalue weighted by atomic mass is 10.2. The van der Waals surface area contributed by atoms with Crippen LogP contribution >= 0.6 is 11.8 Å². The van der Waals surface area contributed by atoms with Crippen LogP contribution in [-0.2, 0) is 0 Å². The van der Waals surface area contributed by atoms with E-state index in [-0.39, 0.29) is 0 Å². The van der Waals surface area contributed by atoms with Crippen molar-refractivity contribution in [1.29, 1.82) is 0 Å². The molecule has 1 unspecified atom stereocenters. The highest BCUT2D eigenvalue weighted by Crippen LogP contribution is 2.16. The number of alkyl halides is 3. The molecule has 0 radical (unpaired) electrons. The Morgan fingerprint density at radius 2 is 2.20 bits per heavy atom. The van der Waals surface area contributed by atoms with E-state index in [1.54, 1.807) is 0 Å². The van der Waals surface area contributed by atoms with Crippen molar-refractivity contribution in [2.75, 3.05) is 38.2 Å². The van der Waals surface area contributed by atoms with Crippen LogP contribution in [0.15, 0.2) is 0 Å². The molecule has 2 nitrogen and oxygen atoms in total. The molecule has 0 aromatic rings. The van der Waals surface area contributed by atoms with Gasteiger partial charge in [-0.25, -0.2) is 0 Å². The Hall–Kier alpha value is 0.0600. The Kier molecular flexibility index (Phi) is 5.22. The van der Waals surface area contributed by atoms with E-state index in [0.29, 0.717) is 12.6 Å². The average Bonchev–Trinajstić information content (AvgIpc) is 2.14. The lowest BCUT2D eigenvalue weighted by molar-refractivity contribution is -0.143. The molecule has 0 aliphatic carbocycles. The molecule has 1 fully saturated rings. The highest BCUT2D eigenvalue weighted by molar-refractivity contribution is 7.99. The zero-order valence-corrected chi connectivity index (χ0v) is 9.63. The van der Waals surface area contributed by atoms with Gasteiger partial charge in [0.2, 0.25) is 0 Å². The van der Waals surface area contributed by atoms with Gasteiger partial charge in [0.25, 0.3) is 0 Å². The minimum atomic E-state index is -4.08. The minimum absolute atomic E-state index is 0.374. The van der Waals surface area contributed by atoms with Crippen molar-refractivity contribution in [3.63, 3.8) is 0 Å². The van der Waals surface area contributed by atoms with Gasteiger partial charge >= 0.3 is 6.18 Å². The maximum absolute atomic E-state index is 12.0. The summed E-state index contributed by atoms with van der Waals surface area (Å²) in [5, 5.41) is 3.31. The van der Waals surface area contributed by atoms with Gasteiger partial charge in [-0.2, -0.15) is 24.9 Å². The second kappa shape index (κ2) is 5.96. The molecule has 90 valence electrons. The van der Waals surface area contributed by atoms with Crippen molar-refractivity contribution in [3.05, 3.63) is 0 Å². The molecule has 0 bridgehead atoms. The summed E-state index contributed by atoms with van der Waals surface area (Å²) < 4.78 is 36.0. The van der Waals surface area contributed by atoms with Gasteiger partial charge in [-0.1, -0.05) is 0 Å². The fourth-order valence-corrected chi connectivity index (χ4v) is 2.56. The topological polar surface area (TPSA) is 15.3 Å². The van der Waals surface area contributed by atoms with Gasteiger partial charge < -0.3 is 5.32 Å². The fraction of sp³-hybridized carbons (Fsp3) is 1.00. The number of halogens is 3. The molecule has 1 rings (SSSR count). The molecule has 1 N–H and O–H groups in total. The molecule has 1 atom stereocenters. The Labute approximate surface area is 92.6 Å². The third kappa shape index (κ3) is 6.27. The normalized spacial score (nSPS) is 23.4. The zero-order valence-electron chi connectivity index (χ0n) is 8.81. The van der Waals surface area contributed by atoms with Crippen LogP contribution in [0.1, 0.15) is 6.42 Å². The smallest absolute Gasteiger partial charge is 0.312 e.